The summed E-state index contributed by atoms with van der Waals surface area (Å²) in [6.45, 7) is 2.87. The minimum absolute atomic E-state index is 0.0450. The van der Waals surface area contributed by atoms with E-state index in [1.54, 1.807) is 6.07 Å². The summed E-state index contributed by atoms with van der Waals surface area (Å²) in [6, 6.07) is 17.4. The van der Waals surface area contributed by atoms with Crippen molar-refractivity contribution in [2.75, 3.05) is 20.6 Å². The van der Waals surface area contributed by atoms with Crippen molar-refractivity contribution in [1.29, 1.82) is 0 Å². The van der Waals surface area contributed by atoms with E-state index < -0.39 is 0 Å². The largest absolute Gasteiger partial charge is 0.308 e. The Balaban J connectivity index is 2.17. The highest BCUT2D eigenvalue weighted by atomic mass is 19.1. The van der Waals surface area contributed by atoms with E-state index >= 15 is 0 Å². The molecule has 2 aromatic rings. The van der Waals surface area contributed by atoms with Crippen molar-refractivity contribution in [2.45, 2.75) is 19.0 Å². The van der Waals surface area contributed by atoms with Gasteiger partial charge in [0.2, 0.25) is 0 Å². The molecule has 112 valence electrons. The smallest absolute Gasteiger partial charge is 0.127 e. The minimum atomic E-state index is -0.158. The first-order chi connectivity index (χ1) is 10.1. The molecular weight excluding hydrogens is 263 g/mol. The average molecular weight is 286 g/mol. The van der Waals surface area contributed by atoms with E-state index in [4.69, 9.17) is 0 Å². The number of benzene rings is 2. The molecule has 2 atom stereocenters. The van der Waals surface area contributed by atoms with Crippen LogP contribution in [0.2, 0.25) is 0 Å². The van der Waals surface area contributed by atoms with Gasteiger partial charge in [-0.15, -0.1) is 0 Å². The highest BCUT2D eigenvalue weighted by molar-refractivity contribution is 5.23. The second-order valence-electron chi connectivity index (χ2n) is 5.64. The van der Waals surface area contributed by atoms with Crippen molar-refractivity contribution >= 4 is 0 Å². The van der Waals surface area contributed by atoms with Crippen LogP contribution >= 0.6 is 0 Å². The molecule has 0 radical (unpaired) electrons. The first kappa shape index (κ1) is 15.7. The Morgan fingerprint density at radius 2 is 1.62 bits per heavy atom. The first-order valence-corrected chi connectivity index (χ1v) is 7.28. The number of likely N-dealkylation sites (N-methyl/N-ethyl adjacent to an activating group) is 1. The van der Waals surface area contributed by atoms with Gasteiger partial charge in [0.1, 0.15) is 5.82 Å². The van der Waals surface area contributed by atoms with Crippen molar-refractivity contribution in [3.63, 3.8) is 0 Å². The Labute approximate surface area is 126 Å². The predicted molar refractivity (Wildman–Crippen MR) is 85.7 cm³/mol. The topological polar surface area (TPSA) is 15.3 Å². The third-order valence-corrected chi connectivity index (χ3v) is 3.57. The quantitative estimate of drug-likeness (QED) is 0.869. The molecule has 2 rings (SSSR count). The number of halogens is 1. The third kappa shape index (κ3) is 4.38. The highest BCUT2D eigenvalue weighted by Gasteiger charge is 2.17. The molecule has 2 unspecified atom stereocenters. The van der Waals surface area contributed by atoms with Gasteiger partial charge in [0.25, 0.3) is 0 Å². The molecule has 0 saturated carbocycles. The molecule has 0 aliphatic rings. The molecule has 3 heteroatoms. The van der Waals surface area contributed by atoms with Crippen LogP contribution in [0.3, 0.4) is 0 Å². The summed E-state index contributed by atoms with van der Waals surface area (Å²) < 4.78 is 13.9. The van der Waals surface area contributed by atoms with Crippen molar-refractivity contribution in [3.05, 3.63) is 71.5 Å². The van der Waals surface area contributed by atoms with E-state index in [2.05, 4.69) is 22.3 Å². The molecule has 0 heterocycles. The lowest BCUT2D eigenvalue weighted by Crippen LogP contribution is -2.33. The van der Waals surface area contributed by atoms with Gasteiger partial charge in [-0.2, -0.15) is 0 Å². The summed E-state index contributed by atoms with van der Waals surface area (Å²) in [5, 5.41) is 3.54. The van der Waals surface area contributed by atoms with Crippen LogP contribution in [0.25, 0.3) is 0 Å². The predicted octanol–water partition coefficient (Wildman–Crippen LogP) is 3.78. The molecule has 2 aromatic carbocycles. The van der Waals surface area contributed by atoms with Crippen LogP contribution in [0.4, 0.5) is 4.39 Å². The van der Waals surface area contributed by atoms with E-state index in [0.717, 1.165) is 6.54 Å². The number of rotatable bonds is 6. The van der Waals surface area contributed by atoms with E-state index in [0.29, 0.717) is 5.56 Å². The van der Waals surface area contributed by atoms with E-state index in [1.165, 1.54) is 11.6 Å². The Morgan fingerprint density at radius 3 is 2.24 bits per heavy atom. The molecule has 0 aromatic heterocycles. The average Bonchev–Trinajstić information content (AvgIpc) is 2.47. The molecule has 0 aliphatic heterocycles. The van der Waals surface area contributed by atoms with Crippen molar-refractivity contribution in [1.82, 2.24) is 10.2 Å². The van der Waals surface area contributed by atoms with Gasteiger partial charge in [0.05, 0.1) is 0 Å². The van der Waals surface area contributed by atoms with Crippen molar-refractivity contribution in [3.8, 4) is 0 Å². The maximum absolute atomic E-state index is 13.9. The molecule has 0 aliphatic carbocycles. The molecule has 21 heavy (non-hydrogen) atoms. The number of hydrogen-bond acceptors (Lipinski definition) is 2. The van der Waals surface area contributed by atoms with Crippen molar-refractivity contribution < 1.29 is 4.39 Å². The maximum Gasteiger partial charge on any atom is 0.127 e. The van der Waals surface area contributed by atoms with Crippen molar-refractivity contribution in [2.24, 2.45) is 0 Å². The second-order valence-corrected chi connectivity index (χ2v) is 5.64. The summed E-state index contributed by atoms with van der Waals surface area (Å²) in [6.07, 6.45) is 0. The van der Waals surface area contributed by atoms with E-state index in [-0.39, 0.29) is 17.9 Å². The van der Waals surface area contributed by atoms with E-state index in [9.17, 15) is 4.39 Å². The zero-order chi connectivity index (χ0) is 15.2. The highest BCUT2D eigenvalue weighted by Crippen LogP contribution is 2.22. The van der Waals surface area contributed by atoms with Gasteiger partial charge in [-0.05, 0) is 32.6 Å². The number of hydrogen-bond donors (Lipinski definition) is 1. The fraction of sp³-hybridized carbons (Fsp3) is 0.333. The number of nitrogens with zero attached hydrogens (tertiary/aromatic N) is 1. The molecule has 0 fully saturated rings. The van der Waals surface area contributed by atoms with Gasteiger partial charge >= 0.3 is 0 Å². The van der Waals surface area contributed by atoms with Crippen LogP contribution in [0, 0.1) is 5.82 Å². The Morgan fingerprint density at radius 1 is 1.00 bits per heavy atom. The molecule has 0 bridgehead atoms. The summed E-state index contributed by atoms with van der Waals surface area (Å²) in [4.78, 5) is 2.14. The summed E-state index contributed by atoms with van der Waals surface area (Å²) in [7, 11) is 4.09. The number of nitrogens with one attached hydrogen (secondary N) is 1. The van der Waals surface area contributed by atoms with Gasteiger partial charge in [0.15, 0.2) is 0 Å². The van der Waals surface area contributed by atoms with Gasteiger partial charge in [0, 0.05) is 24.2 Å². The third-order valence-electron chi connectivity index (χ3n) is 3.57. The maximum atomic E-state index is 13.9. The normalized spacial score (nSPS) is 14.1. The minimum Gasteiger partial charge on any atom is -0.308 e. The fourth-order valence-corrected chi connectivity index (χ4v) is 2.52. The van der Waals surface area contributed by atoms with Gasteiger partial charge in [-0.3, -0.25) is 0 Å². The lowest BCUT2D eigenvalue weighted by Gasteiger charge is -2.27. The van der Waals surface area contributed by atoms with Crippen LogP contribution in [0.15, 0.2) is 54.6 Å². The van der Waals surface area contributed by atoms with Crippen LogP contribution in [0.5, 0.6) is 0 Å². The zero-order valence-electron chi connectivity index (χ0n) is 12.9. The first-order valence-electron chi connectivity index (χ1n) is 7.28. The van der Waals surface area contributed by atoms with Gasteiger partial charge in [-0.25, -0.2) is 4.39 Å². The molecular formula is C18H23FN2. The summed E-state index contributed by atoms with van der Waals surface area (Å²) in [5.41, 5.74) is 1.92. The zero-order valence-corrected chi connectivity index (χ0v) is 12.9. The fourth-order valence-electron chi connectivity index (χ4n) is 2.52. The molecule has 2 nitrogen and oxygen atoms in total. The standard InChI is InChI=1S/C18H23FN2/c1-14(16-11-7-8-12-17(16)19)20-18(13-21(2)3)15-9-5-4-6-10-15/h4-12,14,18,20H,13H2,1-3H3. The van der Waals surface area contributed by atoms with Crippen LogP contribution in [0.1, 0.15) is 30.1 Å². The van der Waals surface area contributed by atoms with E-state index in [1.807, 2.05) is 51.4 Å². The Bertz CT molecular complexity index is 554. The Hall–Kier alpha value is -1.71. The summed E-state index contributed by atoms with van der Waals surface area (Å²) >= 11 is 0. The SMILES string of the molecule is CC(NC(CN(C)C)c1ccccc1)c1ccccc1F. The van der Waals surface area contributed by atoms with Crippen LogP contribution in [-0.2, 0) is 0 Å². The van der Waals surface area contributed by atoms with Crippen LogP contribution < -0.4 is 5.32 Å². The lowest BCUT2D eigenvalue weighted by atomic mass is 10.0. The van der Waals surface area contributed by atoms with Gasteiger partial charge in [-0.1, -0.05) is 48.5 Å². The van der Waals surface area contributed by atoms with Gasteiger partial charge < -0.3 is 10.2 Å². The Kier molecular flexibility index (Phi) is 5.48. The molecule has 1 N–H and O–H groups in total. The monoisotopic (exact) mass is 286 g/mol. The second kappa shape index (κ2) is 7.34. The van der Waals surface area contributed by atoms with Crippen LogP contribution in [-0.4, -0.2) is 25.5 Å². The molecule has 0 spiro atoms. The lowest BCUT2D eigenvalue weighted by molar-refractivity contribution is 0.323. The summed E-state index contributed by atoms with van der Waals surface area (Å²) in [5.74, 6) is -0.158. The molecule has 0 amide bonds. The molecule has 0 saturated heterocycles.